The Morgan fingerprint density at radius 2 is 1.74 bits per heavy atom. The van der Waals surface area contributed by atoms with Crippen molar-refractivity contribution in [2.75, 3.05) is 4.31 Å². The molecular weight excluding hydrogens is 457 g/mol. The first kappa shape index (κ1) is 21.6. The molecule has 0 bridgehead atoms. The van der Waals surface area contributed by atoms with Gasteiger partial charge in [-0.25, -0.2) is 12.8 Å². The topological polar surface area (TPSA) is 117 Å². The quantitative estimate of drug-likeness (QED) is 0.590. The van der Waals surface area contributed by atoms with E-state index >= 15 is 0 Å². The molecule has 5 rings (SSSR count). The number of sulfonamides is 1. The minimum atomic E-state index is -4.31. The molecule has 3 aromatic carbocycles. The fourth-order valence-corrected chi connectivity index (χ4v) is 6.16. The second-order valence-electron chi connectivity index (χ2n) is 7.83. The van der Waals surface area contributed by atoms with Crippen molar-refractivity contribution >= 4 is 21.5 Å². The molecule has 0 saturated heterocycles. The summed E-state index contributed by atoms with van der Waals surface area (Å²) in [6.07, 6.45) is 0. The van der Waals surface area contributed by atoms with E-state index in [-0.39, 0.29) is 40.0 Å². The van der Waals surface area contributed by atoms with E-state index in [0.717, 1.165) is 4.31 Å². The maximum absolute atomic E-state index is 14.5. The molecule has 0 aromatic heterocycles. The van der Waals surface area contributed by atoms with Crippen LogP contribution in [0.2, 0.25) is 0 Å². The molecule has 0 spiro atoms. The van der Waals surface area contributed by atoms with Crippen LogP contribution in [0.25, 0.3) is 5.76 Å². The number of nitrogens with zero attached hydrogens (tertiary/aromatic N) is 2. The van der Waals surface area contributed by atoms with E-state index < -0.39 is 21.8 Å². The molecule has 0 amide bonds. The van der Waals surface area contributed by atoms with Gasteiger partial charge in [0.05, 0.1) is 18.2 Å². The Labute approximate surface area is 195 Å². The summed E-state index contributed by atoms with van der Waals surface area (Å²) in [5.41, 5.74) is 7.38. The molecular formula is C25H18FN3O4S. The molecule has 0 fully saturated rings. The van der Waals surface area contributed by atoms with Gasteiger partial charge in [-0.2, -0.15) is 5.26 Å². The van der Waals surface area contributed by atoms with Gasteiger partial charge in [0, 0.05) is 11.1 Å². The number of para-hydroxylation sites is 1. The average molecular weight is 476 g/mol. The van der Waals surface area contributed by atoms with Gasteiger partial charge in [-0.15, -0.1) is 0 Å². The summed E-state index contributed by atoms with van der Waals surface area (Å²) in [6.45, 7) is -0.258. The van der Waals surface area contributed by atoms with Crippen molar-refractivity contribution in [2.24, 2.45) is 5.73 Å². The minimum Gasteiger partial charge on any atom is -0.508 e. The van der Waals surface area contributed by atoms with Crippen molar-refractivity contribution in [1.29, 1.82) is 5.26 Å². The lowest BCUT2D eigenvalue weighted by atomic mass is 9.88. The number of benzene rings is 3. The van der Waals surface area contributed by atoms with Crippen LogP contribution < -0.4 is 10.0 Å². The summed E-state index contributed by atoms with van der Waals surface area (Å²) in [7, 11) is -4.31. The highest BCUT2D eigenvalue weighted by molar-refractivity contribution is 7.96. The molecule has 2 aliphatic rings. The third-order valence-corrected chi connectivity index (χ3v) is 7.74. The highest BCUT2D eigenvalue weighted by Gasteiger charge is 2.47. The van der Waals surface area contributed by atoms with Crippen molar-refractivity contribution < 1.29 is 22.7 Å². The van der Waals surface area contributed by atoms with E-state index in [1.807, 2.05) is 6.07 Å². The molecule has 1 atom stereocenters. The smallest absolute Gasteiger partial charge is 0.265 e. The van der Waals surface area contributed by atoms with Gasteiger partial charge in [-0.05, 0) is 35.9 Å². The second-order valence-corrected chi connectivity index (χ2v) is 9.66. The van der Waals surface area contributed by atoms with Gasteiger partial charge in [-0.3, -0.25) is 4.31 Å². The first-order valence-corrected chi connectivity index (χ1v) is 11.7. The molecule has 2 heterocycles. The standard InChI is InChI=1S/C25H18FN3O4S/c26-20-7-3-1-5-16(20)14-29-21-8-4-2-6-18(21)23-24(34(29,31)32)22(19(13-27)25(28)33-23)15-9-11-17(30)12-10-15/h1-12,22,30H,14,28H2/t22-/m1/s1. The van der Waals surface area contributed by atoms with Crippen molar-refractivity contribution in [2.45, 2.75) is 12.5 Å². The van der Waals surface area contributed by atoms with E-state index in [9.17, 15) is 23.2 Å². The molecule has 3 N–H and O–H groups in total. The monoisotopic (exact) mass is 475 g/mol. The Bertz CT molecular complexity index is 1520. The number of nitrogens with two attached hydrogens (primary N) is 1. The number of nitriles is 1. The SMILES string of the molecule is N#CC1=C(N)OC2=C([C@@H]1c1ccc(O)cc1)S(=O)(=O)N(Cc1ccccc1F)c1ccccc12. The normalized spacial score (nSPS) is 18.6. The van der Waals surface area contributed by atoms with Crippen molar-refractivity contribution in [3.05, 3.63) is 112 Å². The number of phenols is 1. The zero-order chi connectivity index (χ0) is 24.0. The highest BCUT2D eigenvalue weighted by Crippen LogP contribution is 2.51. The van der Waals surface area contributed by atoms with Gasteiger partial charge < -0.3 is 15.6 Å². The number of rotatable bonds is 3. The molecule has 34 heavy (non-hydrogen) atoms. The van der Waals surface area contributed by atoms with Crippen LogP contribution in [0, 0.1) is 17.1 Å². The van der Waals surface area contributed by atoms with Gasteiger partial charge in [0.2, 0.25) is 5.88 Å². The Balaban J connectivity index is 1.77. The predicted octanol–water partition coefficient (Wildman–Crippen LogP) is 4.06. The largest absolute Gasteiger partial charge is 0.508 e. The van der Waals surface area contributed by atoms with Gasteiger partial charge in [0.25, 0.3) is 10.0 Å². The van der Waals surface area contributed by atoms with Crippen LogP contribution >= 0.6 is 0 Å². The molecule has 9 heteroatoms. The number of halogens is 1. The lowest BCUT2D eigenvalue weighted by molar-refractivity contribution is 0.357. The molecule has 0 saturated carbocycles. The summed E-state index contributed by atoms with van der Waals surface area (Å²) in [5.74, 6) is -1.80. The summed E-state index contributed by atoms with van der Waals surface area (Å²) in [4.78, 5) is -0.168. The minimum absolute atomic E-state index is 0.0153. The lowest BCUT2D eigenvalue weighted by Crippen LogP contribution is -2.39. The Kier molecular flexibility index (Phi) is 5.03. The van der Waals surface area contributed by atoms with Crippen LogP contribution in [0.1, 0.15) is 22.6 Å². The first-order chi connectivity index (χ1) is 16.3. The Morgan fingerprint density at radius 1 is 1.06 bits per heavy atom. The second kappa shape index (κ2) is 7.93. The maximum Gasteiger partial charge on any atom is 0.265 e. The van der Waals surface area contributed by atoms with Crippen LogP contribution in [-0.2, 0) is 21.3 Å². The third-order valence-electron chi connectivity index (χ3n) is 5.86. The molecule has 0 unspecified atom stereocenters. The van der Waals surface area contributed by atoms with E-state index in [1.54, 1.807) is 30.3 Å². The number of allylic oxidation sites excluding steroid dienone is 2. The van der Waals surface area contributed by atoms with Crippen LogP contribution in [0.4, 0.5) is 10.1 Å². The third kappa shape index (κ3) is 3.27. The van der Waals surface area contributed by atoms with E-state index in [2.05, 4.69) is 0 Å². The number of hydrogen-bond donors (Lipinski definition) is 2. The zero-order valence-corrected chi connectivity index (χ0v) is 18.5. The van der Waals surface area contributed by atoms with Crippen LogP contribution in [0.15, 0.2) is 89.2 Å². The highest BCUT2D eigenvalue weighted by atomic mass is 32.2. The van der Waals surface area contributed by atoms with Gasteiger partial charge in [-0.1, -0.05) is 42.5 Å². The number of fused-ring (bicyclic) bond motifs is 2. The van der Waals surface area contributed by atoms with E-state index in [0.29, 0.717) is 16.8 Å². The zero-order valence-electron chi connectivity index (χ0n) is 17.6. The summed E-state index contributed by atoms with van der Waals surface area (Å²) in [5, 5.41) is 19.6. The van der Waals surface area contributed by atoms with Gasteiger partial charge in [0.15, 0.2) is 5.76 Å². The molecule has 2 aliphatic heterocycles. The predicted molar refractivity (Wildman–Crippen MR) is 124 cm³/mol. The summed E-state index contributed by atoms with van der Waals surface area (Å²) in [6, 6.07) is 20.5. The lowest BCUT2D eigenvalue weighted by Gasteiger charge is -2.38. The fourth-order valence-electron chi connectivity index (χ4n) is 4.26. The van der Waals surface area contributed by atoms with Crippen molar-refractivity contribution in [3.8, 4) is 11.8 Å². The number of anilines is 1. The fraction of sp³-hybridized carbons (Fsp3) is 0.0800. The molecule has 0 radical (unpaired) electrons. The number of aromatic hydroxyl groups is 1. The van der Waals surface area contributed by atoms with Crippen molar-refractivity contribution in [3.63, 3.8) is 0 Å². The average Bonchev–Trinajstić information content (AvgIpc) is 2.82. The Hall–Kier alpha value is -4.29. The number of phenolic OH excluding ortho intramolecular Hbond substituents is 1. The van der Waals surface area contributed by atoms with Gasteiger partial charge >= 0.3 is 0 Å². The molecule has 7 nitrogen and oxygen atoms in total. The summed E-state index contributed by atoms with van der Waals surface area (Å²) < 4.78 is 49.5. The van der Waals surface area contributed by atoms with Gasteiger partial charge in [0.1, 0.15) is 28.1 Å². The van der Waals surface area contributed by atoms with Crippen LogP contribution in [0.3, 0.4) is 0 Å². The maximum atomic E-state index is 14.5. The van der Waals surface area contributed by atoms with E-state index in [4.69, 9.17) is 10.5 Å². The van der Waals surface area contributed by atoms with E-state index in [1.165, 1.54) is 42.5 Å². The Morgan fingerprint density at radius 3 is 2.44 bits per heavy atom. The number of ether oxygens (including phenoxy) is 1. The first-order valence-electron chi connectivity index (χ1n) is 10.3. The summed E-state index contributed by atoms with van der Waals surface area (Å²) >= 11 is 0. The molecule has 170 valence electrons. The molecule has 0 aliphatic carbocycles. The van der Waals surface area contributed by atoms with Crippen molar-refractivity contribution in [1.82, 2.24) is 0 Å². The van der Waals surface area contributed by atoms with Crippen LogP contribution in [0.5, 0.6) is 5.75 Å². The van der Waals surface area contributed by atoms with Crippen LogP contribution in [-0.4, -0.2) is 13.5 Å². The number of hydrogen-bond acceptors (Lipinski definition) is 6. The molecule has 3 aromatic rings.